The standard InChI is InChI=1S/C16H17FN2O/c17-15-9-14(11-20)16(18-10-15)19-7-5-12-3-1-2-4-13(12)6-8-19/h1-4,9-10,20H,5-8,11H2. The number of pyridine rings is 1. The molecule has 104 valence electrons. The average molecular weight is 272 g/mol. The van der Waals surface area contributed by atoms with Crippen molar-refractivity contribution in [2.75, 3.05) is 18.0 Å². The van der Waals surface area contributed by atoms with Gasteiger partial charge in [0, 0.05) is 18.7 Å². The largest absolute Gasteiger partial charge is 0.392 e. The number of anilines is 1. The molecule has 0 spiro atoms. The Morgan fingerprint density at radius 1 is 1.15 bits per heavy atom. The summed E-state index contributed by atoms with van der Waals surface area (Å²) in [6.07, 6.45) is 3.10. The van der Waals surface area contributed by atoms with Gasteiger partial charge in [-0.05, 0) is 30.0 Å². The summed E-state index contributed by atoms with van der Waals surface area (Å²) in [5.74, 6) is 0.289. The Morgan fingerprint density at radius 2 is 1.80 bits per heavy atom. The summed E-state index contributed by atoms with van der Waals surface area (Å²) in [4.78, 5) is 6.30. The first kappa shape index (κ1) is 13.1. The molecule has 1 aliphatic heterocycles. The minimum Gasteiger partial charge on any atom is -0.392 e. The molecule has 2 aromatic rings. The number of aliphatic hydroxyl groups is 1. The third-order valence-corrected chi connectivity index (χ3v) is 3.80. The van der Waals surface area contributed by atoms with Crippen LogP contribution in [-0.4, -0.2) is 23.2 Å². The fraction of sp³-hybridized carbons (Fsp3) is 0.312. The monoisotopic (exact) mass is 272 g/mol. The highest BCUT2D eigenvalue weighted by atomic mass is 19.1. The third kappa shape index (κ3) is 2.51. The first-order valence-corrected chi connectivity index (χ1v) is 6.85. The number of hydrogen-bond acceptors (Lipinski definition) is 3. The van der Waals surface area contributed by atoms with Crippen LogP contribution in [0.3, 0.4) is 0 Å². The van der Waals surface area contributed by atoms with Crippen LogP contribution < -0.4 is 4.90 Å². The van der Waals surface area contributed by atoms with Gasteiger partial charge in [0.1, 0.15) is 11.6 Å². The molecule has 3 rings (SSSR count). The van der Waals surface area contributed by atoms with E-state index in [1.165, 1.54) is 23.4 Å². The van der Waals surface area contributed by atoms with Crippen LogP contribution in [0.5, 0.6) is 0 Å². The van der Waals surface area contributed by atoms with Crippen molar-refractivity contribution in [1.82, 2.24) is 4.98 Å². The highest BCUT2D eigenvalue weighted by Gasteiger charge is 2.17. The predicted molar refractivity (Wildman–Crippen MR) is 76.2 cm³/mol. The SMILES string of the molecule is OCc1cc(F)cnc1N1CCc2ccccc2CC1. The normalized spacial score (nSPS) is 14.8. The van der Waals surface area contributed by atoms with Crippen molar-refractivity contribution in [3.05, 3.63) is 59.0 Å². The molecule has 0 saturated heterocycles. The van der Waals surface area contributed by atoms with Gasteiger partial charge in [0.2, 0.25) is 0 Å². The Balaban J connectivity index is 1.87. The van der Waals surface area contributed by atoms with Gasteiger partial charge in [-0.3, -0.25) is 0 Å². The molecule has 1 N–H and O–H groups in total. The van der Waals surface area contributed by atoms with Gasteiger partial charge in [0.05, 0.1) is 12.8 Å². The minimum atomic E-state index is -0.407. The van der Waals surface area contributed by atoms with Crippen LogP contribution in [-0.2, 0) is 19.4 Å². The highest BCUT2D eigenvalue weighted by molar-refractivity contribution is 5.48. The van der Waals surface area contributed by atoms with Gasteiger partial charge in [0.25, 0.3) is 0 Å². The van der Waals surface area contributed by atoms with Gasteiger partial charge in [-0.2, -0.15) is 0 Å². The molecular weight excluding hydrogens is 255 g/mol. The molecule has 0 unspecified atom stereocenters. The summed E-state index contributed by atoms with van der Waals surface area (Å²) in [6.45, 7) is 1.48. The second-order valence-corrected chi connectivity index (χ2v) is 5.05. The Hall–Kier alpha value is -1.94. The van der Waals surface area contributed by atoms with E-state index in [4.69, 9.17) is 0 Å². The summed E-state index contributed by atoms with van der Waals surface area (Å²) in [5, 5.41) is 9.38. The van der Waals surface area contributed by atoms with Crippen molar-refractivity contribution < 1.29 is 9.50 Å². The lowest BCUT2D eigenvalue weighted by Crippen LogP contribution is -2.28. The molecular formula is C16H17FN2O. The van der Waals surface area contributed by atoms with Gasteiger partial charge in [-0.1, -0.05) is 24.3 Å². The third-order valence-electron chi connectivity index (χ3n) is 3.80. The van der Waals surface area contributed by atoms with Gasteiger partial charge in [0.15, 0.2) is 0 Å². The molecule has 0 atom stereocenters. The summed E-state index contributed by atoms with van der Waals surface area (Å²) in [5.41, 5.74) is 3.28. The summed E-state index contributed by atoms with van der Waals surface area (Å²) < 4.78 is 13.2. The molecule has 0 fully saturated rings. The van der Waals surface area contributed by atoms with E-state index in [0.717, 1.165) is 25.9 Å². The van der Waals surface area contributed by atoms with Crippen molar-refractivity contribution in [2.45, 2.75) is 19.4 Å². The van der Waals surface area contributed by atoms with E-state index in [1.807, 2.05) is 0 Å². The van der Waals surface area contributed by atoms with Gasteiger partial charge >= 0.3 is 0 Å². The molecule has 0 amide bonds. The average Bonchev–Trinajstić information content (AvgIpc) is 2.70. The molecule has 3 nitrogen and oxygen atoms in total. The molecule has 0 bridgehead atoms. The fourth-order valence-corrected chi connectivity index (χ4v) is 2.75. The number of rotatable bonds is 2. The van der Waals surface area contributed by atoms with Crippen LogP contribution in [0.15, 0.2) is 36.5 Å². The zero-order valence-electron chi connectivity index (χ0n) is 11.2. The van der Waals surface area contributed by atoms with E-state index in [9.17, 15) is 9.50 Å². The van der Waals surface area contributed by atoms with E-state index >= 15 is 0 Å². The van der Waals surface area contributed by atoms with Crippen LogP contribution in [0.2, 0.25) is 0 Å². The van der Waals surface area contributed by atoms with Gasteiger partial charge in [-0.15, -0.1) is 0 Å². The Morgan fingerprint density at radius 3 is 2.40 bits per heavy atom. The Bertz CT molecular complexity index is 588. The van der Waals surface area contributed by atoms with Crippen molar-refractivity contribution in [3.8, 4) is 0 Å². The maximum absolute atomic E-state index is 13.2. The predicted octanol–water partition coefficient (Wildman–Crippen LogP) is 2.32. The fourth-order valence-electron chi connectivity index (χ4n) is 2.75. The first-order valence-electron chi connectivity index (χ1n) is 6.85. The van der Waals surface area contributed by atoms with Crippen LogP contribution >= 0.6 is 0 Å². The number of nitrogens with zero attached hydrogens (tertiary/aromatic N) is 2. The van der Waals surface area contributed by atoms with Crippen LogP contribution in [0.25, 0.3) is 0 Å². The Kier molecular flexibility index (Phi) is 3.65. The van der Waals surface area contributed by atoms with Crippen molar-refractivity contribution in [2.24, 2.45) is 0 Å². The zero-order valence-corrected chi connectivity index (χ0v) is 11.2. The highest BCUT2D eigenvalue weighted by Crippen LogP contribution is 2.23. The van der Waals surface area contributed by atoms with Crippen molar-refractivity contribution >= 4 is 5.82 Å². The number of aliphatic hydroxyl groups excluding tert-OH is 1. The second kappa shape index (κ2) is 5.59. The van der Waals surface area contributed by atoms with Crippen LogP contribution in [0.1, 0.15) is 16.7 Å². The smallest absolute Gasteiger partial charge is 0.142 e. The van der Waals surface area contributed by atoms with E-state index in [-0.39, 0.29) is 6.61 Å². The number of halogens is 1. The lowest BCUT2D eigenvalue weighted by atomic mass is 10.0. The molecule has 1 aromatic heterocycles. The first-order chi connectivity index (χ1) is 9.78. The van der Waals surface area contributed by atoms with E-state index < -0.39 is 5.82 Å². The molecule has 1 aliphatic rings. The molecule has 2 heterocycles. The quantitative estimate of drug-likeness (QED) is 0.911. The minimum absolute atomic E-state index is 0.191. The topological polar surface area (TPSA) is 36.4 Å². The lowest BCUT2D eigenvalue weighted by Gasteiger charge is -2.23. The summed E-state index contributed by atoms with van der Waals surface area (Å²) in [7, 11) is 0. The maximum Gasteiger partial charge on any atom is 0.142 e. The van der Waals surface area contributed by atoms with E-state index in [1.54, 1.807) is 0 Å². The molecule has 4 heteroatoms. The molecule has 20 heavy (non-hydrogen) atoms. The van der Waals surface area contributed by atoms with E-state index in [2.05, 4.69) is 34.1 Å². The lowest BCUT2D eigenvalue weighted by molar-refractivity contribution is 0.281. The van der Waals surface area contributed by atoms with Crippen molar-refractivity contribution in [1.29, 1.82) is 0 Å². The number of fused-ring (bicyclic) bond motifs is 1. The van der Waals surface area contributed by atoms with Gasteiger partial charge < -0.3 is 10.0 Å². The molecule has 0 saturated carbocycles. The number of aromatic nitrogens is 1. The molecule has 1 aromatic carbocycles. The second-order valence-electron chi connectivity index (χ2n) is 5.05. The van der Waals surface area contributed by atoms with Crippen LogP contribution in [0, 0.1) is 5.82 Å². The maximum atomic E-state index is 13.2. The Labute approximate surface area is 117 Å². The molecule has 0 aliphatic carbocycles. The van der Waals surface area contributed by atoms with E-state index in [0.29, 0.717) is 11.4 Å². The van der Waals surface area contributed by atoms with Crippen molar-refractivity contribution in [3.63, 3.8) is 0 Å². The zero-order chi connectivity index (χ0) is 13.9. The van der Waals surface area contributed by atoms with Gasteiger partial charge in [-0.25, -0.2) is 9.37 Å². The molecule has 0 radical (unpaired) electrons. The van der Waals surface area contributed by atoms with Crippen LogP contribution in [0.4, 0.5) is 10.2 Å². The summed E-state index contributed by atoms with van der Waals surface area (Å²) >= 11 is 0. The summed E-state index contributed by atoms with van der Waals surface area (Å²) in [6, 6.07) is 9.79. The number of benzene rings is 1. The number of hydrogen-bond donors (Lipinski definition) is 1.